The van der Waals surface area contributed by atoms with Gasteiger partial charge in [-0.1, -0.05) is 6.07 Å². The normalized spacial score (nSPS) is 14.1. The Bertz CT molecular complexity index is 661. The lowest BCUT2D eigenvalue weighted by molar-refractivity contribution is -0.384. The van der Waals surface area contributed by atoms with Crippen molar-refractivity contribution in [3.63, 3.8) is 0 Å². The molecule has 0 aromatic carbocycles. The minimum atomic E-state index is -0.415. The van der Waals surface area contributed by atoms with E-state index in [1.807, 2.05) is 19.9 Å². The molecule has 2 aromatic rings. The van der Waals surface area contributed by atoms with E-state index in [0.29, 0.717) is 5.52 Å². The highest BCUT2D eigenvalue weighted by Gasteiger charge is 2.28. The largest absolute Gasteiger partial charge is 0.469 e. The minimum Gasteiger partial charge on any atom is -0.469 e. The summed E-state index contributed by atoms with van der Waals surface area (Å²) in [6, 6.07) is 3.73. The highest BCUT2D eigenvalue weighted by molar-refractivity contribution is 5.71. The zero-order valence-electron chi connectivity index (χ0n) is 10.9. The van der Waals surface area contributed by atoms with E-state index in [1.165, 1.54) is 5.56 Å². The van der Waals surface area contributed by atoms with Gasteiger partial charge in [-0.2, -0.15) is 0 Å². The van der Waals surface area contributed by atoms with Gasteiger partial charge in [-0.3, -0.25) is 10.1 Å². The summed E-state index contributed by atoms with van der Waals surface area (Å²) in [7, 11) is 0. The molecular formula is C13H15N3O3. The lowest BCUT2D eigenvalue weighted by Gasteiger charge is -2.04. The van der Waals surface area contributed by atoms with Gasteiger partial charge in [-0.05, 0) is 44.7 Å². The van der Waals surface area contributed by atoms with Crippen molar-refractivity contribution in [3.8, 4) is 5.88 Å². The van der Waals surface area contributed by atoms with Gasteiger partial charge in [0.15, 0.2) is 0 Å². The fraction of sp³-hybridized carbons (Fsp3) is 0.462. The van der Waals surface area contributed by atoms with Gasteiger partial charge in [0.1, 0.15) is 5.52 Å². The Kier molecular flexibility index (Phi) is 2.66. The van der Waals surface area contributed by atoms with Gasteiger partial charge >= 0.3 is 11.6 Å². The predicted octanol–water partition coefficient (Wildman–Crippen LogP) is 2.52. The quantitative estimate of drug-likeness (QED) is 0.628. The summed E-state index contributed by atoms with van der Waals surface area (Å²) in [6.45, 7) is 3.66. The first kappa shape index (κ1) is 12.0. The van der Waals surface area contributed by atoms with Gasteiger partial charge in [0.05, 0.1) is 11.0 Å². The molecule has 0 spiro atoms. The molecule has 0 unspecified atom stereocenters. The lowest BCUT2D eigenvalue weighted by Crippen LogP contribution is -2.07. The molecular weight excluding hydrogens is 246 g/mol. The summed E-state index contributed by atoms with van der Waals surface area (Å²) in [5, 5.41) is 15.5. The maximum Gasteiger partial charge on any atom is 0.357 e. The number of hydrogen-bond donors (Lipinski definition) is 0. The first-order valence-electron chi connectivity index (χ1n) is 6.42. The molecule has 6 heteroatoms. The average molecular weight is 261 g/mol. The van der Waals surface area contributed by atoms with E-state index in [4.69, 9.17) is 4.74 Å². The molecule has 0 aliphatic heterocycles. The Balaban J connectivity index is 2.26. The molecule has 0 saturated heterocycles. The van der Waals surface area contributed by atoms with Crippen LogP contribution in [0.5, 0.6) is 5.88 Å². The first-order chi connectivity index (χ1) is 9.08. The molecule has 2 heterocycles. The second-order valence-corrected chi connectivity index (χ2v) is 5.03. The van der Waals surface area contributed by atoms with Crippen LogP contribution in [0.25, 0.3) is 5.52 Å². The Morgan fingerprint density at radius 1 is 1.42 bits per heavy atom. The number of ether oxygens (including phenoxy) is 1. The Morgan fingerprint density at radius 3 is 2.89 bits per heavy atom. The van der Waals surface area contributed by atoms with Crippen LogP contribution < -0.4 is 4.74 Å². The summed E-state index contributed by atoms with van der Waals surface area (Å²) >= 11 is 0. The summed E-state index contributed by atoms with van der Waals surface area (Å²) in [6.07, 6.45) is 2.85. The average Bonchev–Trinajstić information content (AvgIpc) is 2.89. The third-order valence-electron chi connectivity index (χ3n) is 3.32. The zero-order chi connectivity index (χ0) is 13.6. The number of nitro groups is 1. The number of aryl methyl sites for hydroxylation is 2. The molecule has 19 heavy (non-hydrogen) atoms. The van der Waals surface area contributed by atoms with Crippen LogP contribution in [0.15, 0.2) is 12.1 Å². The molecule has 0 atom stereocenters. The van der Waals surface area contributed by atoms with Crippen LogP contribution in [0.2, 0.25) is 0 Å². The van der Waals surface area contributed by atoms with E-state index in [-0.39, 0.29) is 17.7 Å². The Hall–Kier alpha value is -2.11. The molecule has 0 amide bonds. The molecule has 0 radical (unpaired) electrons. The third-order valence-corrected chi connectivity index (χ3v) is 3.32. The van der Waals surface area contributed by atoms with Gasteiger partial charge < -0.3 is 4.74 Å². The fourth-order valence-corrected chi connectivity index (χ4v) is 2.58. The zero-order valence-corrected chi connectivity index (χ0v) is 10.9. The summed E-state index contributed by atoms with van der Waals surface area (Å²) < 4.78 is 7.16. The summed E-state index contributed by atoms with van der Waals surface area (Å²) in [5.74, 6) is 0.111. The van der Waals surface area contributed by atoms with Gasteiger partial charge in [-0.15, -0.1) is 5.10 Å². The number of aromatic nitrogens is 2. The number of rotatable bonds is 3. The monoisotopic (exact) mass is 261 g/mol. The van der Waals surface area contributed by atoms with Crippen molar-refractivity contribution in [3.05, 3.63) is 33.5 Å². The molecule has 3 rings (SSSR count). The molecule has 100 valence electrons. The van der Waals surface area contributed by atoms with Crippen molar-refractivity contribution in [2.75, 3.05) is 0 Å². The summed E-state index contributed by atoms with van der Waals surface area (Å²) in [5.41, 5.74) is 2.77. The van der Waals surface area contributed by atoms with Crippen LogP contribution in [0, 0.1) is 10.1 Å². The van der Waals surface area contributed by atoms with Crippen molar-refractivity contribution in [1.29, 1.82) is 0 Å². The second-order valence-electron chi connectivity index (χ2n) is 5.03. The standard InChI is InChI=1S/C13H15N3O3/c1-8(2)19-13-12(16(17)18)11-7-6-9-4-3-5-10(9)15(11)14-13/h6-8H,3-5H2,1-2H3. The van der Waals surface area contributed by atoms with E-state index in [0.717, 1.165) is 25.0 Å². The maximum absolute atomic E-state index is 11.3. The highest BCUT2D eigenvalue weighted by Crippen LogP contribution is 2.34. The number of nitrogens with zero attached hydrogens (tertiary/aromatic N) is 3. The van der Waals surface area contributed by atoms with Gasteiger partial charge in [0.25, 0.3) is 0 Å². The van der Waals surface area contributed by atoms with Crippen molar-refractivity contribution >= 4 is 11.2 Å². The van der Waals surface area contributed by atoms with E-state index >= 15 is 0 Å². The molecule has 0 saturated carbocycles. The Labute approximate surface area is 110 Å². The van der Waals surface area contributed by atoms with Gasteiger partial charge in [-0.25, -0.2) is 4.52 Å². The minimum absolute atomic E-state index is 0.0385. The van der Waals surface area contributed by atoms with Crippen LogP contribution in [0.4, 0.5) is 5.69 Å². The molecule has 6 nitrogen and oxygen atoms in total. The van der Waals surface area contributed by atoms with Crippen LogP contribution in [0.3, 0.4) is 0 Å². The Morgan fingerprint density at radius 2 is 2.21 bits per heavy atom. The molecule has 2 aromatic heterocycles. The maximum atomic E-state index is 11.3. The van der Waals surface area contributed by atoms with Crippen molar-refractivity contribution in [2.24, 2.45) is 0 Å². The topological polar surface area (TPSA) is 69.7 Å². The van der Waals surface area contributed by atoms with Gasteiger partial charge in [0, 0.05) is 5.69 Å². The number of pyridine rings is 1. The van der Waals surface area contributed by atoms with Crippen LogP contribution in [-0.2, 0) is 12.8 Å². The van der Waals surface area contributed by atoms with E-state index in [9.17, 15) is 10.1 Å². The second kappa shape index (κ2) is 4.22. The van der Waals surface area contributed by atoms with Crippen LogP contribution in [0.1, 0.15) is 31.5 Å². The number of hydrogen-bond acceptors (Lipinski definition) is 4. The predicted molar refractivity (Wildman–Crippen MR) is 69.6 cm³/mol. The number of fused-ring (bicyclic) bond motifs is 3. The molecule has 1 aliphatic rings. The van der Waals surface area contributed by atoms with Crippen LogP contribution >= 0.6 is 0 Å². The smallest absolute Gasteiger partial charge is 0.357 e. The molecule has 0 fully saturated rings. The summed E-state index contributed by atoms with van der Waals surface area (Å²) in [4.78, 5) is 10.8. The molecule has 1 aliphatic carbocycles. The van der Waals surface area contributed by atoms with Crippen LogP contribution in [-0.4, -0.2) is 20.6 Å². The van der Waals surface area contributed by atoms with E-state index in [1.54, 1.807) is 10.6 Å². The highest BCUT2D eigenvalue weighted by atomic mass is 16.6. The van der Waals surface area contributed by atoms with Crippen molar-refractivity contribution in [1.82, 2.24) is 9.61 Å². The van der Waals surface area contributed by atoms with Crippen molar-refractivity contribution in [2.45, 2.75) is 39.2 Å². The van der Waals surface area contributed by atoms with Gasteiger partial charge in [0.2, 0.25) is 0 Å². The van der Waals surface area contributed by atoms with E-state index in [2.05, 4.69) is 5.10 Å². The SMILES string of the molecule is CC(C)Oc1nn2c3c(ccc2c1[N+](=O)[O-])CCC3. The third kappa shape index (κ3) is 1.83. The fourth-order valence-electron chi connectivity index (χ4n) is 2.58. The molecule has 0 N–H and O–H groups in total. The van der Waals surface area contributed by atoms with E-state index < -0.39 is 4.92 Å². The first-order valence-corrected chi connectivity index (χ1v) is 6.42. The molecule has 0 bridgehead atoms. The van der Waals surface area contributed by atoms with Crippen molar-refractivity contribution < 1.29 is 9.66 Å². The lowest BCUT2D eigenvalue weighted by atomic mass is 10.2.